The highest BCUT2D eigenvalue weighted by atomic mass is 31.2. The molecule has 0 saturated carbocycles. The van der Waals surface area contributed by atoms with Gasteiger partial charge in [0.25, 0.3) is 0 Å². The van der Waals surface area contributed by atoms with E-state index in [1.165, 1.54) is 6.07 Å². The van der Waals surface area contributed by atoms with Crippen molar-refractivity contribution in [2.75, 3.05) is 0 Å². The molecule has 286 valence electrons. The van der Waals surface area contributed by atoms with E-state index in [9.17, 15) is 62.1 Å². The van der Waals surface area contributed by atoms with Gasteiger partial charge in [-0.1, -0.05) is 11.1 Å². The predicted molar refractivity (Wildman–Crippen MR) is 166 cm³/mol. The summed E-state index contributed by atoms with van der Waals surface area (Å²) >= 11 is 0. The maximum atomic E-state index is 14.0. The Labute approximate surface area is 294 Å². The molecule has 4 aliphatic rings. The number of phosphoric ester groups is 1. The largest absolute Gasteiger partial charge is 0.527 e. The van der Waals surface area contributed by atoms with Crippen molar-refractivity contribution in [1.82, 2.24) is 0 Å². The number of halogens is 12. The lowest BCUT2D eigenvalue weighted by Gasteiger charge is -2.43. The van der Waals surface area contributed by atoms with E-state index in [0.717, 1.165) is 0 Å². The summed E-state index contributed by atoms with van der Waals surface area (Å²) in [6, 6.07) is 3.23. The van der Waals surface area contributed by atoms with Crippen molar-refractivity contribution in [2.24, 2.45) is 0 Å². The molecule has 0 saturated heterocycles. The Kier molecular flexibility index (Phi) is 9.13. The van der Waals surface area contributed by atoms with Gasteiger partial charge < -0.3 is 4.52 Å². The van der Waals surface area contributed by atoms with E-state index in [1.54, 1.807) is 0 Å². The molecule has 0 fully saturated rings. The predicted octanol–water partition coefficient (Wildman–Crippen LogP) is 12.3. The van der Waals surface area contributed by atoms with Crippen LogP contribution in [0.15, 0.2) is 53.6 Å². The normalized spacial score (nSPS) is 25.1. The van der Waals surface area contributed by atoms with Crippen molar-refractivity contribution in [2.45, 2.75) is 100 Å². The van der Waals surface area contributed by atoms with Gasteiger partial charge in [-0.2, -0.15) is 52.7 Å². The SMILES string of the molecule is O=P1(O)Oc2c(-c3cc(C(F)(F)F)cc(C(F)(F)F)c3)cc3c(c2[C@H]2C4=C(CCCC4)CC(c4cc(C(F)(F)F)cc(C(F)(F)F)c4)C2O1)CCCC3. The minimum Gasteiger partial charge on any atom is -0.403 e. The topological polar surface area (TPSA) is 55.8 Å². The monoisotopic (exact) mass is 784 g/mol. The van der Waals surface area contributed by atoms with E-state index in [2.05, 4.69) is 0 Å². The van der Waals surface area contributed by atoms with Gasteiger partial charge in [-0.3, -0.25) is 9.42 Å². The lowest BCUT2D eigenvalue weighted by Crippen LogP contribution is -2.35. The first-order valence-electron chi connectivity index (χ1n) is 16.7. The molecule has 0 amide bonds. The van der Waals surface area contributed by atoms with Crippen molar-refractivity contribution in [1.29, 1.82) is 0 Å². The molecule has 7 rings (SSSR count). The van der Waals surface area contributed by atoms with Gasteiger partial charge in [0.1, 0.15) is 5.75 Å². The summed E-state index contributed by atoms with van der Waals surface area (Å²) in [4.78, 5) is 11.2. The van der Waals surface area contributed by atoms with Gasteiger partial charge in [0.15, 0.2) is 0 Å². The molecule has 1 N–H and O–H groups in total. The number of hydrogen-bond acceptors (Lipinski definition) is 3. The van der Waals surface area contributed by atoms with Crippen LogP contribution in [0.25, 0.3) is 11.1 Å². The van der Waals surface area contributed by atoms with Gasteiger partial charge in [0, 0.05) is 23.0 Å². The molecule has 0 aromatic heterocycles. The van der Waals surface area contributed by atoms with E-state index in [-0.39, 0.29) is 29.7 Å². The highest BCUT2D eigenvalue weighted by Crippen LogP contribution is 2.64. The number of phosphoric acid groups is 1. The molecule has 0 bridgehead atoms. The van der Waals surface area contributed by atoms with Crippen LogP contribution in [-0.2, 0) is 46.6 Å². The Morgan fingerprint density at radius 2 is 1.15 bits per heavy atom. The van der Waals surface area contributed by atoms with Gasteiger partial charge in [-0.15, -0.1) is 0 Å². The Bertz CT molecular complexity index is 1980. The van der Waals surface area contributed by atoms with Crippen LogP contribution in [0.2, 0.25) is 0 Å². The molecule has 3 unspecified atom stereocenters. The van der Waals surface area contributed by atoms with Gasteiger partial charge in [-0.25, -0.2) is 4.57 Å². The van der Waals surface area contributed by atoms with Crippen LogP contribution >= 0.6 is 7.82 Å². The number of rotatable bonds is 2. The summed E-state index contributed by atoms with van der Waals surface area (Å²) in [6.45, 7) is 0. The maximum Gasteiger partial charge on any atom is 0.527 e. The standard InChI is InChI=1S/C36H29F12O4P/c37-33(38,39)21-9-19(10-22(15-21)34(40,41)42)27-13-17-5-1-3-7-25(17)29-30-26-8-4-2-6-18(26)14-28(32(30)52-53(49,50)51-31(27)29)20-11-23(35(43,44)45)16-24(12-20)36(46,47)48/h9-13,15-16,28,30,32H,1-8,14H2,(H,49,50)/t28?,30-,32?/m1/s1. The van der Waals surface area contributed by atoms with E-state index in [1.807, 2.05) is 0 Å². The number of aryl methyl sites for hydroxylation is 1. The number of allylic oxidation sites excluding steroid dienone is 1. The zero-order valence-electron chi connectivity index (χ0n) is 27.3. The second-order valence-corrected chi connectivity index (χ2v) is 15.2. The Hall–Kier alpha value is -3.49. The summed E-state index contributed by atoms with van der Waals surface area (Å²) in [5, 5.41) is 0. The number of alkyl halides is 12. The molecular weight excluding hydrogens is 755 g/mol. The fourth-order valence-electron chi connectivity index (χ4n) is 8.35. The van der Waals surface area contributed by atoms with Crippen molar-refractivity contribution in [3.63, 3.8) is 0 Å². The second kappa shape index (κ2) is 12.8. The molecule has 3 aliphatic carbocycles. The Morgan fingerprint density at radius 1 is 0.642 bits per heavy atom. The smallest absolute Gasteiger partial charge is 0.403 e. The van der Waals surface area contributed by atoms with Gasteiger partial charge in [0.05, 0.1) is 28.4 Å². The number of hydrogen-bond donors (Lipinski definition) is 1. The van der Waals surface area contributed by atoms with Gasteiger partial charge in [0.2, 0.25) is 0 Å². The van der Waals surface area contributed by atoms with E-state index < -0.39 is 89.6 Å². The molecule has 0 spiro atoms. The zero-order chi connectivity index (χ0) is 38.5. The molecule has 1 heterocycles. The van der Waals surface area contributed by atoms with E-state index in [4.69, 9.17) is 9.05 Å². The third kappa shape index (κ3) is 7.23. The molecule has 4 atom stereocenters. The zero-order valence-corrected chi connectivity index (χ0v) is 28.2. The first-order chi connectivity index (χ1) is 24.5. The highest BCUT2D eigenvalue weighted by molar-refractivity contribution is 7.47. The van der Waals surface area contributed by atoms with Crippen LogP contribution in [0.3, 0.4) is 0 Å². The van der Waals surface area contributed by atoms with Crippen molar-refractivity contribution in [3.05, 3.63) is 98.1 Å². The molecule has 4 nitrogen and oxygen atoms in total. The fraction of sp³-hybridized carbons (Fsp3) is 0.444. The Morgan fingerprint density at radius 3 is 1.72 bits per heavy atom. The minimum absolute atomic E-state index is 0.0364. The summed E-state index contributed by atoms with van der Waals surface area (Å²) in [6.07, 6.45) is -18.9. The van der Waals surface area contributed by atoms with Crippen molar-refractivity contribution >= 4 is 7.82 Å². The van der Waals surface area contributed by atoms with Crippen LogP contribution in [0.4, 0.5) is 52.7 Å². The third-order valence-corrected chi connectivity index (χ3v) is 11.5. The molecule has 17 heteroatoms. The molecule has 1 aliphatic heterocycles. The average molecular weight is 785 g/mol. The second-order valence-electron chi connectivity index (χ2n) is 13.9. The lowest BCUT2D eigenvalue weighted by atomic mass is 9.64. The Balaban J connectivity index is 1.53. The number of fused-ring (bicyclic) bond motifs is 6. The van der Waals surface area contributed by atoms with E-state index in [0.29, 0.717) is 97.9 Å². The van der Waals surface area contributed by atoms with Crippen LogP contribution < -0.4 is 4.52 Å². The molecule has 3 aromatic rings. The minimum atomic E-state index is -5.43. The third-order valence-electron chi connectivity index (χ3n) is 10.5. The average Bonchev–Trinajstić information content (AvgIpc) is 3.18. The quantitative estimate of drug-likeness (QED) is 0.160. The summed E-state index contributed by atoms with van der Waals surface area (Å²) < 4.78 is 193. The number of benzene rings is 3. The maximum absolute atomic E-state index is 14.0. The highest BCUT2D eigenvalue weighted by Gasteiger charge is 2.51. The van der Waals surface area contributed by atoms with Crippen molar-refractivity contribution < 1.29 is 71.2 Å². The van der Waals surface area contributed by atoms with Crippen LogP contribution in [0.5, 0.6) is 5.75 Å². The first kappa shape index (κ1) is 37.8. The molecule has 53 heavy (non-hydrogen) atoms. The van der Waals surface area contributed by atoms with Crippen LogP contribution in [-0.4, -0.2) is 11.0 Å². The van der Waals surface area contributed by atoms with Crippen LogP contribution in [0.1, 0.15) is 101 Å². The molecule has 0 radical (unpaired) electrons. The molecule has 3 aromatic carbocycles. The summed E-state index contributed by atoms with van der Waals surface area (Å²) in [5.41, 5.74) is -5.52. The van der Waals surface area contributed by atoms with E-state index >= 15 is 0 Å². The lowest BCUT2D eigenvalue weighted by molar-refractivity contribution is -0.144. The van der Waals surface area contributed by atoms with Gasteiger partial charge in [-0.05, 0) is 123 Å². The van der Waals surface area contributed by atoms with Gasteiger partial charge >= 0.3 is 32.5 Å². The first-order valence-corrected chi connectivity index (χ1v) is 18.2. The van der Waals surface area contributed by atoms with Crippen molar-refractivity contribution in [3.8, 4) is 16.9 Å². The summed E-state index contributed by atoms with van der Waals surface area (Å²) in [7, 11) is -5.43. The molecular formula is C36H29F12O4P. The van der Waals surface area contributed by atoms with Crippen LogP contribution in [0, 0.1) is 0 Å². The summed E-state index contributed by atoms with van der Waals surface area (Å²) in [5.74, 6) is -3.04. The fourth-order valence-corrected chi connectivity index (χ4v) is 9.39.